The number of hydrogen-bond donors (Lipinski definition) is 1. The fourth-order valence-corrected chi connectivity index (χ4v) is 2.24. The lowest BCUT2D eigenvalue weighted by Gasteiger charge is -2.08. The zero-order valence-electron chi connectivity index (χ0n) is 10.5. The molecule has 0 fully saturated rings. The minimum absolute atomic E-state index is 0.338. The summed E-state index contributed by atoms with van der Waals surface area (Å²) in [6.45, 7) is 2.68. The van der Waals surface area contributed by atoms with Crippen LogP contribution in [0, 0.1) is 6.92 Å². The minimum Gasteiger partial charge on any atom is -0.395 e. The Morgan fingerprint density at radius 2 is 2.16 bits per heavy atom. The molecule has 0 atom stereocenters. The lowest BCUT2D eigenvalue weighted by molar-refractivity contribution is 0.0257. The first-order chi connectivity index (χ1) is 8.79. The number of hydrogen-bond acceptors (Lipinski definition) is 3. The Kier molecular flexibility index (Phi) is 3.58. The Morgan fingerprint density at radius 3 is 2.79 bits per heavy atom. The summed E-state index contributed by atoms with van der Waals surface area (Å²) in [5.41, 5.74) is 7.54. The van der Waals surface area contributed by atoms with Crippen LogP contribution in [-0.2, 0) is 0 Å². The van der Waals surface area contributed by atoms with Crippen molar-refractivity contribution >= 4 is 33.3 Å². The SMILES string of the molecule is Cc1nnc2c(N)c(/C=C/CC(C)(F)F)c(Br)cn12. The van der Waals surface area contributed by atoms with Crippen LogP contribution in [0.1, 0.15) is 24.7 Å². The smallest absolute Gasteiger partial charge is 0.248 e. The third kappa shape index (κ3) is 2.91. The molecule has 0 aliphatic heterocycles. The molecule has 0 aliphatic rings. The molecule has 4 nitrogen and oxygen atoms in total. The number of nitrogen functional groups attached to an aromatic ring is 1. The van der Waals surface area contributed by atoms with Crippen molar-refractivity contribution in [2.45, 2.75) is 26.2 Å². The number of allylic oxidation sites excluding steroid dienone is 1. The Hall–Kier alpha value is -1.50. The normalized spacial score (nSPS) is 12.7. The summed E-state index contributed by atoms with van der Waals surface area (Å²) in [5, 5.41) is 7.89. The lowest BCUT2D eigenvalue weighted by Crippen LogP contribution is -2.06. The van der Waals surface area contributed by atoms with Crippen LogP contribution < -0.4 is 5.73 Å². The Labute approximate surface area is 117 Å². The zero-order valence-corrected chi connectivity index (χ0v) is 12.1. The summed E-state index contributed by atoms with van der Waals surface area (Å²) < 4.78 is 28.0. The largest absolute Gasteiger partial charge is 0.395 e. The molecule has 2 rings (SSSR count). The van der Waals surface area contributed by atoms with Gasteiger partial charge in [-0.25, -0.2) is 8.78 Å². The number of rotatable bonds is 3. The highest BCUT2D eigenvalue weighted by atomic mass is 79.9. The van der Waals surface area contributed by atoms with Crippen LogP contribution in [0.4, 0.5) is 14.5 Å². The van der Waals surface area contributed by atoms with Gasteiger partial charge in [0, 0.05) is 22.7 Å². The molecular formula is C12H13BrF2N4. The maximum atomic E-state index is 12.8. The van der Waals surface area contributed by atoms with E-state index in [1.165, 1.54) is 6.08 Å². The number of nitrogens with two attached hydrogens (primary N) is 1. The van der Waals surface area contributed by atoms with Gasteiger partial charge in [0.1, 0.15) is 5.82 Å². The number of nitrogens with zero attached hydrogens (tertiary/aromatic N) is 3. The first-order valence-electron chi connectivity index (χ1n) is 5.63. The second kappa shape index (κ2) is 4.88. The van der Waals surface area contributed by atoms with Crippen LogP contribution in [-0.4, -0.2) is 20.5 Å². The molecule has 0 saturated carbocycles. The molecule has 0 radical (unpaired) electrons. The first-order valence-corrected chi connectivity index (χ1v) is 6.42. The molecule has 2 aromatic heterocycles. The highest BCUT2D eigenvalue weighted by Crippen LogP contribution is 2.28. The standard InChI is InChI=1S/C12H13BrF2N4/c1-7-17-18-11-10(16)8(9(13)6-19(7)11)4-3-5-12(2,14)15/h3-4,6H,5,16H2,1-2H3/b4-3+. The molecule has 2 heterocycles. The molecule has 0 aliphatic carbocycles. The van der Waals surface area contributed by atoms with Gasteiger partial charge in [-0.15, -0.1) is 10.2 Å². The molecular weight excluding hydrogens is 318 g/mol. The Morgan fingerprint density at radius 1 is 1.47 bits per heavy atom. The molecule has 2 N–H and O–H groups in total. The van der Waals surface area contributed by atoms with Crippen molar-refractivity contribution in [3.05, 3.63) is 28.1 Å². The summed E-state index contributed by atoms with van der Waals surface area (Å²) in [6.07, 6.45) is 4.40. The van der Waals surface area contributed by atoms with Crippen LogP contribution in [0.5, 0.6) is 0 Å². The van der Waals surface area contributed by atoms with Crippen molar-refractivity contribution in [3.63, 3.8) is 0 Å². The van der Waals surface area contributed by atoms with Crippen molar-refractivity contribution in [3.8, 4) is 0 Å². The molecule has 0 spiro atoms. The molecule has 7 heteroatoms. The van der Waals surface area contributed by atoms with Gasteiger partial charge in [-0.2, -0.15) is 0 Å². The minimum atomic E-state index is -2.73. The second-order valence-corrected chi connectivity index (χ2v) is 5.28. The van der Waals surface area contributed by atoms with Crippen molar-refractivity contribution < 1.29 is 8.78 Å². The number of aromatic nitrogens is 3. The van der Waals surface area contributed by atoms with Gasteiger partial charge in [-0.3, -0.25) is 4.40 Å². The summed E-state index contributed by atoms with van der Waals surface area (Å²) in [4.78, 5) is 0. The van der Waals surface area contributed by atoms with Crippen molar-refractivity contribution in [2.75, 3.05) is 5.73 Å². The van der Waals surface area contributed by atoms with Crippen LogP contribution in [0.3, 0.4) is 0 Å². The predicted octanol–water partition coefficient (Wildman–Crippen LogP) is 3.44. The van der Waals surface area contributed by atoms with E-state index in [9.17, 15) is 8.78 Å². The number of anilines is 1. The molecule has 2 aromatic rings. The second-order valence-electron chi connectivity index (χ2n) is 4.42. The maximum Gasteiger partial charge on any atom is 0.248 e. The van der Waals surface area contributed by atoms with Crippen LogP contribution >= 0.6 is 15.9 Å². The van der Waals surface area contributed by atoms with E-state index in [2.05, 4.69) is 26.1 Å². The van der Waals surface area contributed by atoms with Gasteiger partial charge in [0.2, 0.25) is 5.92 Å². The summed E-state index contributed by atoms with van der Waals surface area (Å²) in [7, 11) is 0. The quantitative estimate of drug-likeness (QED) is 0.937. The average molecular weight is 331 g/mol. The van der Waals surface area contributed by atoms with E-state index in [0.717, 1.165) is 6.92 Å². The van der Waals surface area contributed by atoms with E-state index >= 15 is 0 Å². The zero-order chi connectivity index (χ0) is 14.2. The van der Waals surface area contributed by atoms with Crippen LogP contribution in [0.2, 0.25) is 0 Å². The first kappa shape index (κ1) is 13.9. The number of halogens is 3. The lowest BCUT2D eigenvalue weighted by atomic mass is 10.1. The van der Waals surface area contributed by atoms with E-state index in [1.807, 2.05) is 0 Å². The molecule has 0 saturated heterocycles. The van der Waals surface area contributed by atoms with Gasteiger partial charge in [0.25, 0.3) is 0 Å². The number of fused-ring (bicyclic) bond motifs is 1. The van der Waals surface area contributed by atoms with Gasteiger partial charge in [0.05, 0.1) is 5.69 Å². The molecule has 0 bridgehead atoms. The molecule has 0 unspecified atom stereocenters. The number of alkyl halides is 2. The molecule has 0 amide bonds. The Balaban J connectivity index is 2.44. The fraction of sp³-hybridized carbons (Fsp3) is 0.333. The average Bonchev–Trinajstić information content (AvgIpc) is 2.64. The topological polar surface area (TPSA) is 56.2 Å². The van der Waals surface area contributed by atoms with Crippen LogP contribution in [0.15, 0.2) is 16.7 Å². The van der Waals surface area contributed by atoms with Gasteiger partial charge >= 0.3 is 0 Å². The highest BCUT2D eigenvalue weighted by Gasteiger charge is 2.18. The van der Waals surface area contributed by atoms with Crippen molar-refractivity contribution in [1.82, 2.24) is 14.6 Å². The Bertz CT molecular complexity index is 643. The highest BCUT2D eigenvalue weighted by molar-refractivity contribution is 9.10. The van der Waals surface area contributed by atoms with E-state index in [4.69, 9.17) is 5.73 Å². The van der Waals surface area contributed by atoms with Crippen molar-refractivity contribution in [2.24, 2.45) is 0 Å². The monoisotopic (exact) mass is 330 g/mol. The van der Waals surface area contributed by atoms with Crippen molar-refractivity contribution in [1.29, 1.82) is 0 Å². The van der Waals surface area contributed by atoms with Gasteiger partial charge in [-0.1, -0.05) is 12.2 Å². The number of aryl methyl sites for hydroxylation is 1. The van der Waals surface area contributed by atoms with E-state index in [1.54, 1.807) is 23.6 Å². The third-order valence-corrected chi connectivity index (χ3v) is 3.29. The predicted molar refractivity (Wildman–Crippen MR) is 74.1 cm³/mol. The molecule has 0 aromatic carbocycles. The number of pyridine rings is 1. The van der Waals surface area contributed by atoms with E-state index in [0.29, 0.717) is 27.2 Å². The van der Waals surface area contributed by atoms with Gasteiger partial charge in [-0.05, 0) is 29.8 Å². The van der Waals surface area contributed by atoms with Crippen LogP contribution in [0.25, 0.3) is 11.7 Å². The summed E-state index contributed by atoms with van der Waals surface area (Å²) >= 11 is 3.37. The molecule has 102 valence electrons. The van der Waals surface area contributed by atoms with E-state index in [-0.39, 0.29) is 6.42 Å². The third-order valence-electron chi connectivity index (χ3n) is 2.66. The van der Waals surface area contributed by atoms with E-state index < -0.39 is 5.92 Å². The summed E-state index contributed by atoms with van der Waals surface area (Å²) in [5.74, 6) is -2.02. The van der Waals surface area contributed by atoms with Gasteiger partial charge in [0.15, 0.2) is 5.65 Å². The molecule has 19 heavy (non-hydrogen) atoms. The maximum absolute atomic E-state index is 12.8. The fourth-order valence-electron chi connectivity index (χ4n) is 1.69. The van der Waals surface area contributed by atoms with Gasteiger partial charge < -0.3 is 5.73 Å². The summed E-state index contributed by atoms with van der Waals surface area (Å²) in [6, 6.07) is 0.